The zero-order chi connectivity index (χ0) is 14.5. The van der Waals surface area contributed by atoms with Crippen LogP contribution >= 0.6 is 26.6 Å². The number of benzene rings is 1. The molecule has 0 aliphatic carbocycles. The van der Waals surface area contributed by atoms with Gasteiger partial charge in [0.1, 0.15) is 0 Å². The molecule has 0 bridgehead atoms. The van der Waals surface area contributed by atoms with Gasteiger partial charge in [-0.2, -0.15) is 0 Å². The highest BCUT2D eigenvalue weighted by Gasteiger charge is 2.15. The number of nitro benzene ring substituents is 1. The fraction of sp³-hybridized carbons (Fsp3) is 0.400. The van der Waals surface area contributed by atoms with Crippen molar-refractivity contribution in [1.29, 1.82) is 0 Å². The topological polar surface area (TPSA) is 86.5 Å². The molecule has 0 fully saturated rings. The summed E-state index contributed by atoms with van der Waals surface area (Å²) < 4.78 is 27.2. The van der Waals surface area contributed by atoms with E-state index in [-0.39, 0.29) is 23.8 Å². The molecule has 0 atom stereocenters. The van der Waals surface area contributed by atoms with Gasteiger partial charge in [0.25, 0.3) is 0 Å². The smallest absolute Gasteiger partial charge is 0.312 e. The van der Waals surface area contributed by atoms with Crippen molar-refractivity contribution >= 4 is 41.4 Å². The summed E-state index contributed by atoms with van der Waals surface area (Å²) in [5, 5.41) is 10.8. The van der Waals surface area contributed by atoms with E-state index in [9.17, 15) is 18.5 Å². The van der Waals surface area contributed by atoms with E-state index >= 15 is 0 Å². The van der Waals surface area contributed by atoms with Crippen LogP contribution in [0.15, 0.2) is 22.7 Å². The SMILES string of the molecule is O=[N+]([O-])c1cc(Br)ccc1OCCCCS(=O)(=O)Cl. The van der Waals surface area contributed by atoms with Gasteiger partial charge in [-0.05, 0) is 25.0 Å². The van der Waals surface area contributed by atoms with Gasteiger partial charge in [0.05, 0.1) is 17.3 Å². The Bertz CT molecular complexity index is 563. The van der Waals surface area contributed by atoms with Crippen LogP contribution in [0.2, 0.25) is 0 Å². The molecule has 0 N–H and O–H groups in total. The monoisotopic (exact) mass is 371 g/mol. The van der Waals surface area contributed by atoms with Crippen LogP contribution in [0.3, 0.4) is 0 Å². The van der Waals surface area contributed by atoms with Gasteiger partial charge in [-0.3, -0.25) is 10.1 Å². The summed E-state index contributed by atoms with van der Waals surface area (Å²) >= 11 is 3.14. The summed E-state index contributed by atoms with van der Waals surface area (Å²) in [5.41, 5.74) is -0.140. The lowest BCUT2D eigenvalue weighted by Gasteiger charge is -2.06. The van der Waals surface area contributed by atoms with E-state index < -0.39 is 14.0 Å². The third kappa shape index (κ3) is 6.22. The lowest BCUT2D eigenvalue weighted by Crippen LogP contribution is -2.03. The third-order valence-corrected chi connectivity index (χ3v) is 3.89. The van der Waals surface area contributed by atoms with E-state index in [1.165, 1.54) is 12.1 Å². The quantitative estimate of drug-likeness (QED) is 0.318. The van der Waals surface area contributed by atoms with E-state index in [2.05, 4.69) is 15.9 Å². The molecule has 0 amide bonds. The van der Waals surface area contributed by atoms with Gasteiger partial charge in [0.2, 0.25) is 9.05 Å². The number of nitrogens with zero attached hydrogens (tertiary/aromatic N) is 1. The Morgan fingerprint density at radius 2 is 2.05 bits per heavy atom. The second kappa shape index (κ2) is 7.06. The van der Waals surface area contributed by atoms with Crippen molar-refractivity contribution in [3.8, 4) is 5.75 Å². The third-order valence-electron chi connectivity index (χ3n) is 2.16. The summed E-state index contributed by atoms with van der Waals surface area (Å²) in [7, 11) is 1.56. The van der Waals surface area contributed by atoms with Gasteiger partial charge in [-0.25, -0.2) is 8.42 Å². The van der Waals surface area contributed by atoms with Crippen LogP contribution in [0.4, 0.5) is 5.69 Å². The predicted octanol–water partition coefficient (Wildman–Crippen LogP) is 3.08. The van der Waals surface area contributed by atoms with E-state index in [1.54, 1.807) is 6.07 Å². The van der Waals surface area contributed by atoms with Crippen molar-refractivity contribution in [2.75, 3.05) is 12.4 Å². The summed E-state index contributed by atoms with van der Waals surface area (Å²) in [6.07, 6.45) is 0.787. The molecular formula is C10H11BrClNO5S. The molecule has 0 heterocycles. The van der Waals surface area contributed by atoms with Gasteiger partial charge < -0.3 is 4.74 Å². The molecule has 1 aromatic rings. The Labute approximate surface area is 123 Å². The van der Waals surface area contributed by atoms with Gasteiger partial charge >= 0.3 is 5.69 Å². The minimum Gasteiger partial charge on any atom is -0.487 e. The molecule has 9 heteroatoms. The maximum absolute atomic E-state index is 10.8. The Kier molecular flexibility index (Phi) is 6.02. The lowest BCUT2D eigenvalue weighted by molar-refractivity contribution is -0.385. The molecule has 6 nitrogen and oxygen atoms in total. The maximum Gasteiger partial charge on any atom is 0.312 e. The number of rotatable bonds is 7. The van der Waals surface area contributed by atoms with Crippen LogP contribution < -0.4 is 4.74 Å². The van der Waals surface area contributed by atoms with Crippen molar-refractivity contribution in [2.45, 2.75) is 12.8 Å². The Morgan fingerprint density at radius 1 is 1.37 bits per heavy atom. The standard InChI is InChI=1S/C10H11BrClNO5S/c11-8-3-4-10(9(7-8)13(14)15)18-5-1-2-6-19(12,16)17/h3-4,7H,1-2,5-6H2. The molecule has 0 saturated heterocycles. The summed E-state index contributed by atoms with van der Waals surface area (Å²) in [4.78, 5) is 10.3. The fourth-order valence-electron chi connectivity index (χ4n) is 1.31. The molecule has 0 spiro atoms. The van der Waals surface area contributed by atoms with Gasteiger partial charge in [0, 0.05) is 21.2 Å². The van der Waals surface area contributed by atoms with Crippen LogP contribution in [0.1, 0.15) is 12.8 Å². The second-order valence-electron chi connectivity index (χ2n) is 3.67. The van der Waals surface area contributed by atoms with Crippen molar-refractivity contribution in [3.63, 3.8) is 0 Å². The Morgan fingerprint density at radius 3 is 2.63 bits per heavy atom. The maximum atomic E-state index is 10.8. The highest BCUT2D eigenvalue weighted by molar-refractivity contribution is 9.10. The summed E-state index contributed by atoms with van der Waals surface area (Å²) in [5.74, 6) is 0.0160. The molecule has 1 aromatic carbocycles. The molecule has 0 aromatic heterocycles. The number of hydrogen-bond donors (Lipinski definition) is 0. The first kappa shape index (κ1) is 16.2. The molecular weight excluding hydrogens is 362 g/mol. The largest absolute Gasteiger partial charge is 0.487 e. The molecule has 0 aliphatic rings. The van der Waals surface area contributed by atoms with Crippen LogP contribution in [-0.2, 0) is 9.05 Å². The first-order valence-electron chi connectivity index (χ1n) is 5.28. The molecule has 0 aliphatic heterocycles. The fourth-order valence-corrected chi connectivity index (χ4v) is 2.54. The van der Waals surface area contributed by atoms with Crippen molar-refractivity contribution in [2.24, 2.45) is 0 Å². The highest BCUT2D eigenvalue weighted by Crippen LogP contribution is 2.30. The Hall–Kier alpha value is -0.860. The molecule has 0 unspecified atom stereocenters. The van der Waals surface area contributed by atoms with E-state index in [1.807, 2.05) is 0 Å². The average Bonchev–Trinajstić information content (AvgIpc) is 2.28. The zero-order valence-corrected chi connectivity index (χ0v) is 12.9. The number of unbranched alkanes of at least 4 members (excludes halogenated alkanes) is 1. The minimum absolute atomic E-state index is 0.139. The van der Waals surface area contributed by atoms with Crippen LogP contribution in [-0.4, -0.2) is 25.7 Å². The number of nitro groups is 1. The van der Waals surface area contributed by atoms with Crippen molar-refractivity contribution in [3.05, 3.63) is 32.8 Å². The van der Waals surface area contributed by atoms with E-state index in [0.29, 0.717) is 17.3 Å². The van der Waals surface area contributed by atoms with Crippen molar-refractivity contribution < 1.29 is 18.1 Å². The molecule has 1 rings (SSSR count). The first-order chi connectivity index (χ1) is 8.79. The van der Waals surface area contributed by atoms with Crippen LogP contribution in [0, 0.1) is 10.1 Å². The summed E-state index contributed by atoms with van der Waals surface area (Å²) in [6, 6.07) is 4.46. The number of halogens is 2. The molecule has 0 radical (unpaired) electrons. The van der Waals surface area contributed by atoms with Gasteiger partial charge in [0.15, 0.2) is 5.75 Å². The van der Waals surface area contributed by atoms with E-state index in [4.69, 9.17) is 15.4 Å². The lowest BCUT2D eigenvalue weighted by atomic mass is 10.3. The molecule has 19 heavy (non-hydrogen) atoms. The number of hydrogen-bond acceptors (Lipinski definition) is 5. The highest BCUT2D eigenvalue weighted by atomic mass is 79.9. The zero-order valence-electron chi connectivity index (χ0n) is 9.71. The first-order valence-corrected chi connectivity index (χ1v) is 8.56. The summed E-state index contributed by atoms with van der Waals surface area (Å²) in [6.45, 7) is 0.189. The minimum atomic E-state index is -3.49. The molecule has 106 valence electrons. The predicted molar refractivity (Wildman–Crippen MR) is 75.2 cm³/mol. The van der Waals surface area contributed by atoms with Crippen LogP contribution in [0.5, 0.6) is 5.75 Å². The average molecular weight is 373 g/mol. The van der Waals surface area contributed by atoms with Gasteiger partial charge in [-0.1, -0.05) is 15.9 Å². The van der Waals surface area contributed by atoms with Crippen LogP contribution in [0.25, 0.3) is 0 Å². The van der Waals surface area contributed by atoms with Gasteiger partial charge in [-0.15, -0.1) is 0 Å². The van der Waals surface area contributed by atoms with Crippen molar-refractivity contribution in [1.82, 2.24) is 0 Å². The Balaban J connectivity index is 2.52. The normalized spacial score (nSPS) is 11.3. The molecule has 0 saturated carbocycles. The second-order valence-corrected chi connectivity index (χ2v) is 7.48. The van der Waals surface area contributed by atoms with E-state index in [0.717, 1.165) is 0 Å². The number of ether oxygens (including phenoxy) is 1.